The number of hydrogen-bond donors (Lipinski definition) is 0. The van der Waals surface area contributed by atoms with E-state index in [4.69, 9.17) is 9.47 Å². The van der Waals surface area contributed by atoms with Gasteiger partial charge in [0.25, 0.3) is 0 Å². The molecule has 0 saturated carbocycles. The zero-order valence-electron chi connectivity index (χ0n) is 7.83. The molecule has 72 valence electrons. The van der Waals surface area contributed by atoms with Crippen molar-refractivity contribution < 1.29 is 19.0 Å². The fourth-order valence-electron chi connectivity index (χ4n) is 0.605. The molecule has 0 radical (unpaired) electrons. The lowest BCUT2D eigenvalue weighted by Crippen LogP contribution is -2.19. The summed E-state index contributed by atoms with van der Waals surface area (Å²) in [5.41, 5.74) is 0. The molecule has 0 aliphatic heterocycles. The van der Waals surface area contributed by atoms with Crippen LogP contribution in [-0.2, 0) is 14.2 Å². The molecule has 4 heteroatoms. The molecule has 0 aliphatic carbocycles. The number of ether oxygens (including phenoxy) is 3. The van der Waals surface area contributed by atoms with Crippen LogP contribution in [0.2, 0.25) is 0 Å². The molecule has 0 amide bonds. The minimum atomic E-state index is -0.680. The van der Waals surface area contributed by atoms with Crippen molar-refractivity contribution >= 4 is 6.16 Å². The molecule has 0 aromatic rings. The van der Waals surface area contributed by atoms with Gasteiger partial charge in [0, 0.05) is 0 Å². The van der Waals surface area contributed by atoms with E-state index in [1.54, 1.807) is 13.8 Å². The number of carbonyl (C=O) groups excluding carboxylic acids is 1. The molecular formula is C8H16O4. The Morgan fingerprint density at radius 2 is 2.08 bits per heavy atom. The highest BCUT2D eigenvalue weighted by Crippen LogP contribution is 1.97. The lowest BCUT2D eigenvalue weighted by molar-refractivity contribution is -0.110. The van der Waals surface area contributed by atoms with E-state index in [9.17, 15) is 4.79 Å². The van der Waals surface area contributed by atoms with Crippen LogP contribution in [-0.4, -0.2) is 25.7 Å². The van der Waals surface area contributed by atoms with Crippen molar-refractivity contribution in [2.24, 2.45) is 0 Å². The SMILES string of the molecule is CCCOC(C)OC(=O)OCC. The molecule has 0 aromatic carbocycles. The van der Waals surface area contributed by atoms with Crippen LogP contribution in [0.4, 0.5) is 4.79 Å². The van der Waals surface area contributed by atoms with Crippen molar-refractivity contribution in [2.45, 2.75) is 33.5 Å². The monoisotopic (exact) mass is 176 g/mol. The summed E-state index contributed by atoms with van der Waals surface area (Å²) < 4.78 is 14.3. The molecule has 0 aromatic heterocycles. The van der Waals surface area contributed by atoms with Crippen molar-refractivity contribution in [1.82, 2.24) is 0 Å². The van der Waals surface area contributed by atoms with Crippen molar-refractivity contribution in [2.75, 3.05) is 13.2 Å². The van der Waals surface area contributed by atoms with E-state index in [1.165, 1.54) is 0 Å². The van der Waals surface area contributed by atoms with E-state index in [2.05, 4.69) is 4.74 Å². The minimum Gasteiger partial charge on any atom is -0.435 e. The fourth-order valence-corrected chi connectivity index (χ4v) is 0.605. The summed E-state index contributed by atoms with van der Waals surface area (Å²) in [7, 11) is 0. The van der Waals surface area contributed by atoms with Crippen molar-refractivity contribution in [3.8, 4) is 0 Å². The standard InChI is InChI=1S/C8H16O4/c1-4-6-11-7(3)12-8(9)10-5-2/h7H,4-6H2,1-3H3. The van der Waals surface area contributed by atoms with Crippen LogP contribution >= 0.6 is 0 Å². The number of hydrogen-bond acceptors (Lipinski definition) is 4. The lowest BCUT2D eigenvalue weighted by Gasteiger charge is -2.12. The van der Waals surface area contributed by atoms with Crippen LogP contribution in [0.3, 0.4) is 0 Å². The van der Waals surface area contributed by atoms with Gasteiger partial charge < -0.3 is 14.2 Å². The molecule has 0 spiro atoms. The van der Waals surface area contributed by atoms with Crippen LogP contribution < -0.4 is 0 Å². The molecule has 4 nitrogen and oxygen atoms in total. The van der Waals surface area contributed by atoms with E-state index >= 15 is 0 Å². The summed E-state index contributed by atoms with van der Waals surface area (Å²) >= 11 is 0. The molecule has 0 aliphatic rings. The Hall–Kier alpha value is -0.770. The summed E-state index contributed by atoms with van der Waals surface area (Å²) in [6.45, 7) is 6.27. The summed E-state index contributed by atoms with van der Waals surface area (Å²) in [6.07, 6.45) is -0.304. The Morgan fingerprint density at radius 1 is 1.42 bits per heavy atom. The third-order valence-electron chi connectivity index (χ3n) is 1.08. The lowest BCUT2D eigenvalue weighted by atomic mass is 10.5. The molecule has 1 atom stereocenters. The zero-order chi connectivity index (χ0) is 9.40. The van der Waals surface area contributed by atoms with Crippen LogP contribution in [0.25, 0.3) is 0 Å². The summed E-state index contributed by atoms with van der Waals surface area (Å²) in [4.78, 5) is 10.7. The summed E-state index contributed by atoms with van der Waals surface area (Å²) in [5, 5.41) is 0. The zero-order valence-corrected chi connectivity index (χ0v) is 7.83. The topological polar surface area (TPSA) is 44.8 Å². The van der Waals surface area contributed by atoms with Crippen LogP contribution in [0, 0.1) is 0 Å². The van der Waals surface area contributed by atoms with Gasteiger partial charge in [0.15, 0.2) is 0 Å². The average Bonchev–Trinajstić information content (AvgIpc) is 2.01. The summed E-state index contributed by atoms with van der Waals surface area (Å²) in [6, 6.07) is 0. The molecule has 0 fully saturated rings. The highest BCUT2D eigenvalue weighted by Gasteiger charge is 2.08. The first-order valence-corrected chi connectivity index (χ1v) is 4.15. The molecule has 1 unspecified atom stereocenters. The second-order valence-electron chi connectivity index (χ2n) is 2.24. The first kappa shape index (κ1) is 11.2. The Kier molecular flexibility index (Phi) is 6.47. The molecule has 0 saturated heterocycles. The third kappa shape index (κ3) is 5.97. The first-order valence-electron chi connectivity index (χ1n) is 4.15. The van der Waals surface area contributed by atoms with Gasteiger partial charge in [0.1, 0.15) is 0 Å². The second-order valence-corrected chi connectivity index (χ2v) is 2.24. The van der Waals surface area contributed by atoms with Crippen LogP contribution in [0.5, 0.6) is 0 Å². The van der Waals surface area contributed by atoms with E-state index in [1.807, 2.05) is 6.92 Å². The van der Waals surface area contributed by atoms with Crippen molar-refractivity contribution in [3.05, 3.63) is 0 Å². The maximum atomic E-state index is 10.7. The van der Waals surface area contributed by atoms with Gasteiger partial charge in [-0.3, -0.25) is 0 Å². The normalized spacial score (nSPS) is 12.2. The van der Waals surface area contributed by atoms with E-state index < -0.39 is 12.4 Å². The van der Waals surface area contributed by atoms with Crippen molar-refractivity contribution in [3.63, 3.8) is 0 Å². The van der Waals surface area contributed by atoms with Gasteiger partial charge in [-0.1, -0.05) is 6.92 Å². The van der Waals surface area contributed by atoms with Crippen LogP contribution in [0.1, 0.15) is 27.2 Å². The Bertz CT molecular complexity index is 124. The van der Waals surface area contributed by atoms with Gasteiger partial charge in [0.2, 0.25) is 6.29 Å². The number of rotatable bonds is 5. The maximum Gasteiger partial charge on any atom is 0.510 e. The van der Waals surface area contributed by atoms with Gasteiger partial charge >= 0.3 is 6.16 Å². The van der Waals surface area contributed by atoms with E-state index in [0.29, 0.717) is 13.2 Å². The van der Waals surface area contributed by atoms with E-state index in [-0.39, 0.29) is 0 Å². The van der Waals surface area contributed by atoms with Gasteiger partial charge in [0.05, 0.1) is 13.2 Å². The Balaban J connectivity index is 3.40. The summed E-state index contributed by atoms with van der Waals surface area (Å²) in [5.74, 6) is 0. The predicted molar refractivity (Wildman–Crippen MR) is 43.8 cm³/mol. The molecule has 0 bridgehead atoms. The molecule has 0 heterocycles. The largest absolute Gasteiger partial charge is 0.510 e. The van der Waals surface area contributed by atoms with Crippen molar-refractivity contribution in [1.29, 1.82) is 0 Å². The Morgan fingerprint density at radius 3 is 2.58 bits per heavy atom. The highest BCUT2D eigenvalue weighted by molar-refractivity contribution is 5.59. The predicted octanol–water partition coefficient (Wildman–Crippen LogP) is 1.93. The smallest absolute Gasteiger partial charge is 0.435 e. The number of carbonyl (C=O) groups is 1. The molecule has 0 rings (SSSR count). The molecule has 12 heavy (non-hydrogen) atoms. The first-order chi connectivity index (χ1) is 5.70. The van der Waals surface area contributed by atoms with E-state index in [0.717, 1.165) is 6.42 Å². The fraction of sp³-hybridized carbons (Fsp3) is 0.875. The quantitative estimate of drug-likeness (QED) is 0.474. The maximum absolute atomic E-state index is 10.7. The van der Waals surface area contributed by atoms with Gasteiger partial charge in [-0.25, -0.2) is 4.79 Å². The van der Waals surface area contributed by atoms with Crippen LogP contribution in [0.15, 0.2) is 0 Å². The highest BCUT2D eigenvalue weighted by atomic mass is 16.8. The molecular weight excluding hydrogens is 160 g/mol. The van der Waals surface area contributed by atoms with Gasteiger partial charge in [-0.2, -0.15) is 0 Å². The second kappa shape index (κ2) is 6.91. The minimum absolute atomic E-state index is 0.319. The third-order valence-corrected chi connectivity index (χ3v) is 1.08. The van der Waals surface area contributed by atoms with Gasteiger partial charge in [-0.15, -0.1) is 0 Å². The average molecular weight is 176 g/mol. The Labute approximate surface area is 72.8 Å². The molecule has 0 N–H and O–H groups in total. The van der Waals surface area contributed by atoms with Gasteiger partial charge in [-0.05, 0) is 20.3 Å².